The van der Waals surface area contributed by atoms with Crippen molar-refractivity contribution in [2.75, 3.05) is 39.2 Å². The molecule has 0 atom stereocenters. The molecule has 0 unspecified atom stereocenters. The highest BCUT2D eigenvalue weighted by atomic mass is 32.2. The molecule has 0 spiro atoms. The number of carbonyl (C=O) groups excluding carboxylic acids is 1. The van der Waals surface area contributed by atoms with Crippen LogP contribution in [0.2, 0.25) is 0 Å². The van der Waals surface area contributed by atoms with E-state index in [1.165, 1.54) is 0 Å². The Kier molecular flexibility index (Phi) is 9.16. The van der Waals surface area contributed by atoms with Crippen molar-refractivity contribution in [1.82, 2.24) is 10.2 Å². The van der Waals surface area contributed by atoms with Crippen molar-refractivity contribution in [3.05, 3.63) is 29.8 Å². The summed E-state index contributed by atoms with van der Waals surface area (Å²) in [6.07, 6.45) is 5.57. The van der Waals surface area contributed by atoms with Gasteiger partial charge in [0.25, 0.3) is 0 Å². The lowest BCUT2D eigenvalue weighted by atomic mass is 10.1. The number of nitrogens with zero attached hydrogens (tertiary/aromatic N) is 1. The van der Waals surface area contributed by atoms with Gasteiger partial charge in [-0.1, -0.05) is 25.0 Å². The summed E-state index contributed by atoms with van der Waals surface area (Å²) in [5.74, 6) is 0.481. The highest BCUT2D eigenvalue weighted by molar-refractivity contribution is 7.92. The monoisotopic (exact) mass is 452 g/mol. The van der Waals surface area contributed by atoms with Crippen LogP contribution in [0.25, 0.3) is 0 Å². The molecule has 0 aromatic heterocycles. The van der Waals surface area contributed by atoms with Crippen molar-refractivity contribution in [2.45, 2.75) is 62.8 Å². The summed E-state index contributed by atoms with van der Waals surface area (Å²) >= 11 is 0. The van der Waals surface area contributed by atoms with E-state index in [0.29, 0.717) is 19.2 Å². The Balaban J connectivity index is 1.37. The maximum atomic E-state index is 12.3. The SMILES string of the molecule is CN(CCOc1cccc(CNC(=O)CCS(=O)(=O)C2CCCC2)c1)C1CCOCC1. The molecule has 8 heteroatoms. The molecule has 2 aliphatic rings. The first kappa shape index (κ1) is 24.0. The Labute approximate surface area is 186 Å². The predicted octanol–water partition coefficient (Wildman–Crippen LogP) is 2.54. The number of amides is 1. The van der Waals surface area contributed by atoms with Crippen LogP contribution in [0, 0.1) is 0 Å². The van der Waals surface area contributed by atoms with Gasteiger partial charge < -0.3 is 14.8 Å². The lowest BCUT2D eigenvalue weighted by Gasteiger charge is -2.31. The van der Waals surface area contributed by atoms with Gasteiger partial charge in [0, 0.05) is 38.8 Å². The van der Waals surface area contributed by atoms with E-state index in [0.717, 1.165) is 69.6 Å². The summed E-state index contributed by atoms with van der Waals surface area (Å²) in [6.45, 7) is 3.47. The van der Waals surface area contributed by atoms with E-state index in [4.69, 9.17) is 9.47 Å². The quantitative estimate of drug-likeness (QED) is 0.555. The lowest BCUT2D eigenvalue weighted by Crippen LogP contribution is -2.38. The zero-order valence-electron chi connectivity index (χ0n) is 18.6. The van der Waals surface area contributed by atoms with Crippen LogP contribution in [0.4, 0.5) is 0 Å². The second kappa shape index (κ2) is 11.8. The molecule has 1 heterocycles. The first-order valence-electron chi connectivity index (χ1n) is 11.4. The number of nitrogens with one attached hydrogen (secondary N) is 1. The number of rotatable bonds is 11. The Hall–Kier alpha value is -1.64. The molecule has 1 N–H and O–H groups in total. The fourth-order valence-corrected chi connectivity index (χ4v) is 6.15. The molecule has 174 valence electrons. The van der Waals surface area contributed by atoms with Crippen LogP contribution >= 0.6 is 0 Å². The lowest BCUT2D eigenvalue weighted by molar-refractivity contribution is -0.120. The zero-order chi connectivity index (χ0) is 22.1. The summed E-state index contributed by atoms with van der Waals surface area (Å²) in [5.41, 5.74) is 0.933. The van der Waals surface area contributed by atoms with Crippen LogP contribution in [0.15, 0.2) is 24.3 Å². The molecule has 1 saturated heterocycles. The van der Waals surface area contributed by atoms with Gasteiger partial charge in [-0.3, -0.25) is 9.69 Å². The van der Waals surface area contributed by atoms with Gasteiger partial charge in [0.15, 0.2) is 9.84 Å². The first-order chi connectivity index (χ1) is 14.9. The van der Waals surface area contributed by atoms with Gasteiger partial charge in [0.05, 0.1) is 11.0 Å². The van der Waals surface area contributed by atoms with Crippen molar-refractivity contribution in [2.24, 2.45) is 0 Å². The predicted molar refractivity (Wildman–Crippen MR) is 121 cm³/mol. The van der Waals surface area contributed by atoms with E-state index in [1.54, 1.807) is 0 Å². The maximum Gasteiger partial charge on any atom is 0.221 e. The minimum absolute atomic E-state index is 0.0214. The minimum Gasteiger partial charge on any atom is -0.492 e. The number of ether oxygens (including phenoxy) is 2. The molecule has 0 radical (unpaired) electrons. The highest BCUT2D eigenvalue weighted by Gasteiger charge is 2.28. The molecule has 1 aromatic carbocycles. The van der Waals surface area contributed by atoms with Crippen molar-refractivity contribution >= 4 is 15.7 Å². The van der Waals surface area contributed by atoms with Gasteiger partial charge in [0.2, 0.25) is 5.91 Å². The molecule has 1 aliphatic heterocycles. The molecule has 1 amide bonds. The second-order valence-corrected chi connectivity index (χ2v) is 11.0. The van der Waals surface area contributed by atoms with Crippen LogP contribution in [-0.2, 0) is 25.9 Å². The summed E-state index contributed by atoms with van der Waals surface area (Å²) in [4.78, 5) is 14.5. The Morgan fingerprint density at radius 2 is 1.94 bits per heavy atom. The van der Waals surface area contributed by atoms with E-state index in [-0.39, 0.29) is 23.3 Å². The second-order valence-electron chi connectivity index (χ2n) is 8.62. The Morgan fingerprint density at radius 1 is 1.19 bits per heavy atom. The largest absolute Gasteiger partial charge is 0.492 e. The van der Waals surface area contributed by atoms with Crippen LogP contribution in [0.3, 0.4) is 0 Å². The number of benzene rings is 1. The summed E-state index contributed by atoms with van der Waals surface area (Å²) in [7, 11) is -1.04. The first-order valence-corrected chi connectivity index (χ1v) is 13.1. The molecule has 1 saturated carbocycles. The number of hydrogen-bond donors (Lipinski definition) is 1. The molecular formula is C23H36N2O5S. The molecular weight excluding hydrogens is 416 g/mol. The van der Waals surface area contributed by atoms with Gasteiger partial charge in [-0.2, -0.15) is 0 Å². The van der Waals surface area contributed by atoms with Crippen molar-refractivity contribution in [3.63, 3.8) is 0 Å². The fourth-order valence-electron chi connectivity index (χ4n) is 4.30. The average Bonchev–Trinajstić information content (AvgIpc) is 3.33. The van der Waals surface area contributed by atoms with E-state index < -0.39 is 9.84 Å². The number of likely N-dealkylation sites (N-methyl/N-ethyl adjacent to an activating group) is 1. The third kappa shape index (κ3) is 7.77. The number of sulfone groups is 1. The molecule has 7 nitrogen and oxygen atoms in total. The Morgan fingerprint density at radius 3 is 2.68 bits per heavy atom. The number of carbonyl (C=O) groups is 1. The molecule has 1 aromatic rings. The fraction of sp³-hybridized carbons (Fsp3) is 0.696. The molecule has 0 bridgehead atoms. The smallest absolute Gasteiger partial charge is 0.221 e. The van der Waals surface area contributed by atoms with Gasteiger partial charge in [-0.15, -0.1) is 0 Å². The topological polar surface area (TPSA) is 84.9 Å². The van der Waals surface area contributed by atoms with E-state index in [2.05, 4.69) is 17.3 Å². The van der Waals surface area contributed by atoms with E-state index in [1.807, 2.05) is 24.3 Å². The van der Waals surface area contributed by atoms with Crippen molar-refractivity contribution in [1.29, 1.82) is 0 Å². The van der Waals surface area contributed by atoms with Crippen LogP contribution in [-0.4, -0.2) is 69.7 Å². The zero-order valence-corrected chi connectivity index (χ0v) is 19.4. The summed E-state index contributed by atoms with van der Waals surface area (Å²) < 4.78 is 35.9. The third-order valence-corrected chi connectivity index (χ3v) is 8.60. The molecule has 31 heavy (non-hydrogen) atoms. The minimum atomic E-state index is -3.16. The maximum absolute atomic E-state index is 12.3. The normalized spacial score (nSPS) is 18.4. The van der Waals surface area contributed by atoms with Gasteiger partial charge >= 0.3 is 0 Å². The standard InChI is InChI=1S/C23H36N2O5S/c1-25(20-9-13-29-14-10-20)12-15-30-21-6-4-5-19(17-21)18-24-23(26)11-16-31(27,28)22-7-2-3-8-22/h4-6,17,20,22H,2-3,7-16,18H2,1H3,(H,24,26). The van der Waals surface area contributed by atoms with Crippen LogP contribution in [0.5, 0.6) is 5.75 Å². The van der Waals surface area contributed by atoms with E-state index in [9.17, 15) is 13.2 Å². The third-order valence-electron chi connectivity index (χ3n) is 6.34. The molecule has 2 fully saturated rings. The van der Waals surface area contributed by atoms with Crippen LogP contribution < -0.4 is 10.1 Å². The average molecular weight is 453 g/mol. The summed E-state index contributed by atoms with van der Waals surface area (Å²) in [5, 5.41) is 2.58. The van der Waals surface area contributed by atoms with Crippen LogP contribution in [0.1, 0.15) is 50.5 Å². The van der Waals surface area contributed by atoms with E-state index >= 15 is 0 Å². The highest BCUT2D eigenvalue weighted by Crippen LogP contribution is 2.25. The van der Waals surface area contributed by atoms with Gasteiger partial charge in [-0.05, 0) is 50.4 Å². The summed E-state index contributed by atoms with van der Waals surface area (Å²) in [6, 6.07) is 8.22. The molecule has 3 rings (SSSR count). The Bertz CT molecular complexity index is 802. The van der Waals surface area contributed by atoms with Crippen molar-refractivity contribution in [3.8, 4) is 5.75 Å². The number of hydrogen-bond acceptors (Lipinski definition) is 6. The van der Waals surface area contributed by atoms with Crippen molar-refractivity contribution < 1.29 is 22.7 Å². The molecule has 1 aliphatic carbocycles. The van der Waals surface area contributed by atoms with Gasteiger partial charge in [-0.25, -0.2) is 8.42 Å². The van der Waals surface area contributed by atoms with Gasteiger partial charge in [0.1, 0.15) is 12.4 Å².